The van der Waals surface area contributed by atoms with Crippen molar-refractivity contribution in [2.45, 2.75) is 11.2 Å². The van der Waals surface area contributed by atoms with Crippen LogP contribution in [0.1, 0.15) is 5.56 Å². The number of nitrogens with one attached hydrogen (secondary N) is 1. The Hall–Kier alpha value is -0.710. The molecule has 1 aromatic rings. The molecule has 1 aromatic carbocycles. The third kappa shape index (κ3) is 1.87. The number of rotatable bonds is 0. The molecule has 0 radical (unpaired) electrons. The van der Waals surface area contributed by atoms with Gasteiger partial charge in [-0.05, 0) is 17.7 Å². The number of anilines is 1. The van der Waals surface area contributed by atoms with Gasteiger partial charge in [-0.15, -0.1) is 11.8 Å². The minimum atomic E-state index is -0.999. The molecule has 74 valence electrons. The number of hydrogen-bond acceptors (Lipinski definition) is 3. The van der Waals surface area contributed by atoms with Crippen molar-refractivity contribution < 1.29 is 9.90 Å². The third-order valence-electron chi connectivity index (χ3n) is 1.95. The van der Waals surface area contributed by atoms with Gasteiger partial charge in [-0.1, -0.05) is 17.7 Å². The van der Waals surface area contributed by atoms with Crippen molar-refractivity contribution >= 4 is 35.0 Å². The van der Waals surface area contributed by atoms with Gasteiger partial charge in [0.2, 0.25) is 0 Å². The molecule has 5 heteroatoms. The molecule has 0 aromatic heterocycles. The first kappa shape index (κ1) is 9.83. The predicted molar refractivity (Wildman–Crippen MR) is 57.4 cm³/mol. The van der Waals surface area contributed by atoms with Gasteiger partial charge >= 0.3 is 0 Å². The van der Waals surface area contributed by atoms with Crippen LogP contribution in [0.4, 0.5) is 5.69 Å². The van der Waals surface area contributed by atoms with Crippen molar-refractivity contribution in [2.24, 2.45) is 0 Å². The number of halogens is 1. The van der Waals surface area contributed by atoms with Crippen LogP contribution < -0.4 is 5.32 Å². The van der Waals surface area contributed by atoms with Gasteiger partial charge in [0, 0.05) is 16.5 Å². The Morgan fingerprint density at radius 3 is 3.14 bits per heavy atom. The van der Waals surface area contributed by atoms with E-state index in [9.17, 15) is 9.90 Å². The van der Waals surface area contributed by atoms with Gasteiger partial charge in [-0.3, -0.25) is 4.79 Å². The Balaban J connectivity index is 2.38. The van der Waals surface area contributed by atoms with E-state index < -0.39 is 11.3 Å². The molecular formula is C9H8ClNO2S. The number of carbonyl (C=O) groups is 1. The van der Waals surface area contributed by atoms with Crippen LogP contribution in [0.3, 0.4) is 0 Å². The molecule has 1 unspecified atom stereocenters. The Morgan fingerprint density at radius 1 is 1.57 bits per heavy atom. The minimum Gasteiger partial charge on any atom is -0.373 e. The van der Waals surface area contributed by atoms with E-state index in [0.29, 0.717) is 16.5 Å². The van der Waals surface area contributed by atoms with Crippen molar-refractivity contribution in [3.05, 3.63) is 28.8 Å². The molecule has 2 rings (SSSR count). The number of thioether (sulfide) groups is 1. The van der Waals surface area contributed by atoms with Gasteiger partial charge in [-0.25, -0.2) is 0 Å². The average Bonchev–Trinajstić information content (AvgIpc) is 2.27. The monoisotopic (exact) mass is 229 g/mol. The second-order valence-electron chi connectivity index (χ2n) is 2.95. The number of hydrogen-bond donors (Lipinski definition) is 2. The summed E-state index contributed by atoms with van der Waals surface area (Å²) in [6.07, 6.45) is 0. The largest absolute Gasteiger partial charge is 0.373 e. The van der Waals surface area contributed by atoms with E-state index in [2.05, 4.69) is 5.32 Å². The van der Waals surface area contributed by atoms with Crippen molar-refractivity contribution in [3.8, 4) is 0 Å². The molecule has 14 heavy (non-hydrogen) atoms. The first-order valence-corrected chi connectivity index (χ1v) is 5.48. The standard InChI is InChI=1S/C9H8ClNO2S/c10-6-2-1-5-4-14-9(13)8(12)11-7(5)3-6/h1-3,9,13H,4H2,(H,11,12). The zero-order valence-electron chi connectivity index (χ0n) is 7.16. The van der Waals surface area contributed by atoms with Crippen LogP contribution in [0.2, 0.25) is 5.02 Å². The highest BCUT2D eigenvalue weighted by Gasteiger charge is 2.21. The molecule has 0 saturated carbocycles. The molecular weight excluding hydrogens is 222 g/mol. The van der Waals surface area contributed by atoms with Gasteiger partial charge in [0.15, 0.2) is 5.44 Å². The molecule has 1 aliphatic heterocycles. The molecule has 0 spiro atoms. The van der Waals surface area contributed by atoms with Crippen LogP contribution in [0.25, 0.3) is 0 Å². The zero-order valence-corrected chi connectivity index (χ0v) is 8.73. The fourth-order valence-corrected chi connectivity index (χ4v) is 2.20. The predicted octanol–water partition coefficient (Wildman–Crippen LogP) is 1.84. The van der Waals surface area contributed by atoms with E-state index in [1.807, 2.05) is 6.07 Å². The van der Waals surface area contributed by atoms with Crippen LogP contribution in [0.5, 0.6) is 0 Å². The molecule has 1 amide bonds. The lowest BCUT2D eigenvalue weighted by Gasteiger charge is -2.06. The van der Waals surface area contributed by atoms with Crippen LogP contribution in [0, 0.1) is 0 Å². The van der Waals surface area contributed by atoms with Crippen LogP contribution in [-0.4, -0.2) is 16.4 Å². The summed E-state index contributed by atoms with van der Waals surface area (Å²) >= 11 is 6.99. The van der Waals surface area contributed by atoms with Crippen molar-refractivity contribution in [2.75, 3.05) is 5.32 Å². The van der Waals surface area contributed by atoms with Crippen LogP contribution in [-0.2, 0) is 10.5 Å². The fourth-order valence-electron chi connectivity index (χ4n) is 1.23. The number of aliphatic hydroxyl groups is 1. The molecule has 3 nitrogen and oxygen atoms in total. The summed E-state index contributed by atoms with van der Waals surface area (Å²) in [5.41, 5.74) is 0.664. The van der Waals surface area contributed by atoms with Crippen molar-refractivity contribution in [1.29, 1.82) is 0 Å². The number of aliphatic hydroxyl groups excluding tert-OH is 1. The van der Waals surface area contributed by atoms with Gasteiger partial charge < -0.3 is 10.4 Å². The first-order valence-electron chi connectivity index (χ1n) is 4.06. The minimum absolute atomic E-state index is 0.393. The van der Waals surface area contributed by atoms with E-state index in [1.165, 1.54) is 11.8 Å². The lowest BCUT2D eigenvalue weighted by Crippen LogP contribution is -2.22. The van der Waals surface area contributed by atoms with Gasteiger partial charge in [0.25, 0.3) is 5.91 Å². The van der Waals surface area contributed by atoms with Crippen LogP contribution in [0.15, 0.2) is 18.2 Å². The topological polar surface area (TPSA) is 49.3 Å². The summed E-state index contributed by atoms with van der Waals surface area (Å²) in [5, 5.41) is 12.5. The Labute approximate surface area is 90.5 Å². The first-order chi connectivity index (χ1) is 6.66. The number of fused-ring (bicyclic) bond motifs is 1. The van der Waals surface area contributed by atoms with Gasteiger partial charge in [0.1, 0.15) is 0 Å². The molecule has 1 aliphatic rings. The highest BCUT2D eigenvalue weighted by molar-refractivity contribution is 7.99. The third-order valence-corrected chi connectivity index (χ3v) is 3.19. The fraction of sp³-hybridized carbons (Fsp3) is 0.222. The average molecular weight is 230 g/mol. The molecule has 0 bridgehead atoms. The SMILES string of the molecule is O=C1Nc2cc(Cl)ccc2CSC1O. The summed E-state index contributed by atoms with van der Waals surface area (Å²) in [6, 6.07) is 5.31. The zero-order chi connectivity index (χ0) is 10.1. The summed E-state index contributed by atoms with van der Waals surface area (Å²) in [7, 11) is 0. The smallest absolute Gasteiger partial charge is 0.263 e. The van der Waals surface area contributed by atoms with Crippen molar-refractivity contribution in [3.63, 3.8) is 0 Å². The number of carbonyl (C=O) groups excluding carboxylic acids is 1. The highest BCUT2D eigenvalue weighted by Crippen LogP contribution is 2.29. The molecule has 2 N–H and O–H groups in total. The normalized spacial score (nSPS) is 21.0. The number of benzene rings is 1. The van der Waals surface area contributed by atoms with E-state index in [-0.39, 0.29) is 0 Å². The summed E-state index contributed by atoms with van der Waals surface area (Å²) in [6.45, 7) is 0. The molecule has 0 fully saturated rings. The lowest BCUT2D eigenvalue weighted by atomic mass is 10.2. The Morgan fingerprint density at radius 2 is 2.36 bits per heavy atom. The second-order valence-corrected chi connectivity index (χ2v) is 4.46. The molecule has 1 atom stereocenters. The van der Waals surface area contributed by atoms with Gasteiger partial charge in [-0.2, -0.15) is 0 Å². The summed E-state index contributed by atoms with van der Waals surface area (Å²) in [4.78, 5) is 11.3. The highest BCUT2D eigenvalue weighted by atomic mass is 35.5. The van der Waals surface area contributed by atoms with E-state index in [4.69, 9.17) is 11.6 Å². The maximum Gasteiger partial charge on any atom is 0.263 e. The maximum atomic E-state index is 11.3. The van der Waals surface area contributed by atoms with Crippen LogP contribution >= 0.6 is 23.4 Å². The van der Waals surface area contributed by atoms with Crippen molar-refractivity contribution in [1.82, 2.24) is 0 Å². The molecule has 0 saturated heterocycles. The van der Waals surface area contributed by atoms with E-state index in [1.54, 1.807) is 12.1 Å². The second kappa shape index (κ2) is 3.81. The molecule has 0 aliphatic carbocycles. The summed E-state index contributed by atoms with van der Waals surface area (Å²) < 4.78 is 0. The Kier molecular flexibility index (Phi) is 2.67. The lowest BCUT2D eigenvalue weighted by molar-refractivity contribution is -0.120. The number of amides is 1. The van der Waals surface area contributed by atoms with Gasteiger partial charge in [0.05, 0.1) is 0 Å². The quantitative estimate of drug-likeness (QED) is 0.714. The molecule has 1 heterocycles. The van der Waals surface area contributed by atoms with E-state index >= 15 is 0 Å². The maximum absolute atomic E-state index is 11.3. The van der Waals surface area contributed by atoms with E-state index in [0.717, 1.165) is 5.56 Å². The summed E-state index contributed by atoms with van der Waals surface area (Å²) in [5.74, 6) is 0.211. The Bertz CT molecular complexity index is 383.